The lowest BCUT2D eigenvalue weighted by Gasteiger charge is -2.10. The van der Waals surface area contributed by atoms with Crippen molar-refractivity contribution in [1.82, 2.24) is 5.32 Å². The third-order valence-electron chi connectivity index (χ3n) is 4.02. The normalized spacial score (nSPS) is 16.0. The molecule has 6 heteroatoms. The zero-order valence-corrected chi connectivity index (χ0v) is 14.0. The number of nitrogens with one attached hydrogen (secondary N) is 2. The maximum atomic E-state index is 12.1. The highest BCUT2D eigenvalue weighted by molar-refractivity contribution is 5.90. The number of ether oxygens (including phenoxy) is 2. The van der Waals surface area contributed by atoms with E-state index in [-0.39, 0.29) is 12.0 Å². The summed E-state index contributed by atoms with van der Waals surface area (Å²) < 4.78 is 10.3. The first-order valence-corrected chi connectivity index (χ1v) is 8.11. The fraction of sp³-hybridized carbons (Fsp3) is 0.263. The van der Waals surface area contributed by atoms with Gasteiger partial charge >= 0.3 is 6.09 Å². The van der Waals surface area contributed by atoms with Gasteiger partial charge in [-0.1, -0.05) is 24.3 Å². The molecule has 0 aromatic heterocycles. The standard InChI is InChI=1S/C19H20N2O4/c1-24-16-4-2-3-13(11-16)5-10-18(22)21-15-8-6-14(7-9-15)17-12-20-19(23)25-17/h2-4,6-9,11,17H,5,10,12H2,1H3,(H,20,23)(H,21,22). The Morgan fingerprint density at radius 3 is 2.76 bits per heavy atom. The zero-order chi connectivity index (χ0) is 17.6. The average molecular weight is 340 g/mol. The first-order chi connectivity index (χ1) is 12.1. The fourth-order valence-corrected chi connectivity index (χ4v) is 2.66. The summed E-state index contributed by atoms with van der Waals surface area (Å²) in [5.41, 5.74) is 2.67. The van der Waals surface area contributed by atoms with Crippen molar-refractivity contribution in [2.45, 2.75) is 18.9 Å². The molecule has 6 nitrogen and oxygen atoms in total. The molecule has 25 heavy (non-hydrogen) atoms. The second-order valence-corrected chi connectivity index (χ2v) is 5.80. The van der Waals surface area contributed by atoms with Gasteiger partial charge in [-0.15, -0.1) is 0 Å². The molecule has 2 amide bonds. The molecule has 1 saturated heterocycles. The van der Waals surface area contributed by atoms with E-state index in [2.05, 4.69) is 10.6 Å². The third-order valence-corrected chi connectivity index (χ3v) is 4.02. The number of cyclic esters (lactones) is 1. The van der Waals surface area contributed by atoms with Crippen LogP contribution in [-0.2, 0) is 16.0 Å². The van der Waals surface area contributed by atoms with Crippen molar-refractivity contribution in [3.8, 4) is 5.75 Å². The van der Waals surface area contributed by atoms with Gasteiger partial charge in [0.25, 0.3) is 0 Å². The Bertz CT molecular complexity index is 758. The summed E-state index contributed by atoms with van der Waals surface area (Å²) in [4.78, 5) is 23.2. The van der Waals surface area contributed by atoms with Gasteiger partial charge in [0.15, 0.2) is 0 Å². The van der Waals surface area contributed by atoms with Crippen LogP contribution in [0.15, 0.2) is 48.5 Å². The third kappa shape index (κ3) is 4.50. The topological polar surface area (TPSA) is 76.7 Å². The van der Waals surface area contributed by atoms with Crippen LogP contribution in [0.3, 0.4) is 0 Å². The molecule has 0 bridgehead atoms. The Morgan fingerprint density at radius 2 is 2.08 bits per heavy atom. The van der Waals surface area contributed by atoms with Crippen molar-refractivity contribution >= 4 is 17.7 Å². The van der Waals surface area contributed by atoms with Gasteiger partial charge in [-0.3, -0.25) is 4.79 Å². The number of benzene rings is 2. The maximum Gasteiger partial charge on any atom is 0.407 e. The summed E-state index contributed by atoms with van der Waals surface area (Å²) in [6, 6.07) is 15.0. The van der Waals surface area contributed by atoms with Gasteiger partial charge in [0.1, 0.15) is 11.9 Å². The van der Waals surface area contributed by atoms with E-state index in [1.54, 1.807) is 7.11 Å². The molecule has 1 heterocycles. The highest BCUT2D eigenvalue weighted by atomic mass is 16.6. The van der Waals surface area contributed by atoms with E-state index in [1.807, 2.05) is 48.5 Å². The first kappa shape index (κ1) is 16.8. The number of carbonyl (C=O) groups excluding carboxylic acids is 2. The highest BCUT2D eigenvalue weighted by Crippen LogP contribution is 2.22. The van der Waals surface area contributed by atoms with E-state index < -0.39 is 6.09 Å². The van der Waals surface area contributed by atoms with Crippen LogP contribution in [0.2, 0.25) is 0 Å². The minimum atomic E-state index is -0.403. The Balaban J connectivity index is 1.51. The largest absolute Gasteiger partial charge is 0.497 e. The Hall–Kier alpha value is -3.02. The molecular formula is C19H20N2O4. The number of rotatable bonds is 6. The molecule has 2 N–H and O–H groups in total. The van der Waals surface area contributed by atoms with Gasteiger partial charge < -0.3 is 20.1 Å². The van der Waals surface area contributed by atoms with Crippen molar-refractivity contribution in [2.75, 3.05) is 19.0 Å². The van der Waals surface area contributed by atoms with Crippen LogP contribution >= 0.6 is 0 Å². The predicted molar refractivity (Wildman–Crippen MR) is 93.6 cm³/mol. The number of methoxy groups -OCH3 is 1. The Labute approximate surface area is 146 Å². The molecule has 3 rings (SSSR count). The molecule has 130 valence electrons. The fourth-order valence-electron chi connectivity index (χ4n) is 2.66. The van der Waals surface area contributed by atoms with Crippen LogP contribution in [0.4, 0.5) is 10.5 Å². The summed E-state index contributed by atoms with van der Waals surface area (Å²) in [6.07, 6.45) is 0.356. The lowest BCUT2D eigenvalue weighted by atomic mass is 10.1. The lowest BCUT2D eigenvalue weighted by Crippen LogP contribution is -2.13. The molecule has 0 saturated carbocycles. The van der Waals surface area contributed by atoms with Gasteiger partial charge in [0, 0.05) is 12.1 Å². The van der Waals surface area contributed by atoms with E-state index in [9.17, 15) is 9.59 Å². The minimum Gasteiger partial charge on any atom is -0.497 e. The van der Waals surface area contributed by atoms with Gasteiger partial charge in [-0.05, 0) is 41.8 Å². The highest BCUT2D eigenvalue weighted by Gasteiger charge is 2.23. The molecule has 1 aliphatic rings. The summed E-state index contributed by atoms with van der Waals surface area (Å²) >= 11 is 0. The van der Waals surface area contributed by atoms with Crippen molar-refractivity contribution in [3.05, 3.63) is 59.7 Å². The Morgan fingerprint density at radius 1 is 1.28 bits per heavy atom. The second kappa shape index (κ2) is 7.70. The minimum absolute atomic E-state index is 0.0514. The summed E-state index contributed by atoms with van der Waals surface area (Å²) in [7, 11) is 1.62. The summed E-state index contributed by atoms with van der Waals surface area (Å²) in [5.74, 6) is 0.736. The van der Waals surface area contributed by atoms with E-state index in [0.29, 0.717) is 19.4 Å². The number of carbonyl (C=O) groups is 2. The number of hydrogen-bond donors (Lipinski definition) is 2. The van der Waals surface area contributed by atoms with Crippen molar-refractivity contribution in [3.63, 3.8) is 0 Å². The number of amides is 2. The lowest BCUT2D eigenvalue weighted by molar-refractivity contribution is -0.116. The SMILES string of the molecule is COc1cccc(CCC(=O)Nc2ccc(C3CNC(=O)O3)cc2)c1. The van der Waals surface area contributed by atoms with Crippen molar-refractivity contribution < 1.29 is 19.1 Å². The monoisotopic (exact) mass is 340 g/mol. The van der Waals surface area contributed by atoms with Crippen molar-refractivity contribution in [2.24, 2.45) is 0 Å². The predicted octanol–water partition coefficient (Wildman–Crippen LogP) is 3.05. The van der Waals surface area contributed by atoms with Crippen LogP contribution in [0, 0.1) is 0 Å². The second-order valence-electron chi connectivity index (χ2n) is 5.80. The van der Waals surface area contributed by atoms with Crippen LogP contribution in [0.1, 0.15) is 23.7 Å². The number of aryl methyl sites for hydroxylation is 1. The summed E-state index contributed by atoms with van der Waals surface area (Å²) in [5, 5.41) is 5.49. The Kier molecular flexibility index (Phi) is 5.18. The maximum absolute atomic E-state index is 12.1. The molecular weight excluding hydrogens is 320 g/mol. The molecule has 0 radical (unpaired) electrons. The smallest absolute Gasteiger partial charge is 0.407 e. The number of anilines is 1. The van der Waals surface area contributed by atoms with Gasteiger partial charge in [-0.25, -0.2) is 4.79 Å². The van der Waals surface area contributed by atoms with Crippen LogP contribution in [0.5, 0.6) is 5.75 Å². The molecule has 2 aromatic carbocycles. The molecule has 0 spiro atoms. The molecule has 1 atom stereocenters. The molecule has 2 aromatic rings. The van der Waals surface area contributed by atoms with Crippen LogP contribution in [0.25, 0.3) is 0 Å². The number of alkyl carbamates (subject to hydrolysis) is 1. The zero-order valence-electron chi connectivity index (χ0n) is 14.0. The van der Waals surface area contributed by atoms with Crippen LogP contribution in [-0.4, -0.2) is 25.7 Å². The van der Waals surface area contributed by atoms with Gasteiger partial charge in [0.2, 0.25) is 5.91 Å². The van der Waals surface area contributed by atoms with E-state index in [4.69, 9.17) is 9.47 Å². The first-order valence-electron chi connectivity index (χ1n) is 8.11. The van der Waals surface area contributed by atoms with E-state index in [1.165, 1.54) is 0 Å². The van der Waals surface area contributed by atoms with Gasteiger partial charge in [-0.2, -0.15) is 0 Å². The molecule has 1 fully saturated rings. The van der Waals surface area contributed by atoms with E-state index in [0.717, 1.165) is 22.6 Å². The van der Waals surface area contributed by atoms with Crippen LogP contribution < -0.4 is 15.4 Å². The summed E-state index contributed by atoms with van der Waals surface area (Å²) in [6.45, 7) is 0.463. The van der Waals surface area contributed by atoms with E-state index >= 15 is 0 Å². The van der Waals surface area contributed by atoms with Crippen molar-refractivity contribution in [1.29, 1.82) is 0 Å². The molecule has 1 unspecified atom stereocenters. The van der Waals surface area contributed by atoms with Gasteiger partial charge in [0.05, 0.1) is 13.7 Å². The molecule has 0 aliphatic carbocycles. The average Bonchev–Trinajstić information content (AvgIpc) is 3.07. The molecule has 1 aliphatic heterocycles. The quantitative estimate of drug-likeness (QED) is 0.847. The number of hydrogen-bond acceptors (Lipinski definition) is 4.